The van der Waals surface area contributed by atoms with Crippen molar-refractivity contribution in [2.45, 2.75) is 11.1 Å². The van der Waals surface area contributed by atoms with Crippen LogP contribution in [-0.2, 0) is 16.2 Å². The number of alkyl halides is 3. The molecule has 192 valence electrons. The third kappa shape index (κ3) is 5.67. The number of para-hydroxylation sites is 1. The van der Waals surface area contributed by atoms with Gasteiger partial charge in [0, 0.05) is 5.56 Å². The van der Waals surface area contributed by atoms with Crippen molar-refractivity contribution in [2.75, 3.05) is 17.1 Å². The molecule has 0 fully saturated rings. The summed E-state index contributed by atoms with van der Waals surface area (Å²) in [4.78, 5) is 20.0. The fourth-order valence-electron chi connectivity index (χ4n) is 3.19. The van der Waals surface area contributed by atoms with Crippen molar-refractivity contribution in [3.8, 4) is 17.3 Å². The van der Waals surface area contributed by atoms with Crippen LogP contribution in [0.4, 0.5) is 24.5 Å². The topological polar surface area (TPSA) is 123 Å². The average molecular weight is 553 g/mol. The van der Waals surface area contributed by atoms with E-state index < -0.39 is 49.2 Å². The maximum absolute atomic E-state index is 13.4. The third-order valence-electron chi connectivity index (χ3n) is 4.87. The maximum atomic E-state index is 13.4. The molecule has 4 aromatic rings. The number of carbonyl (C=O) groups excluding carboxylic acids is 1. The summed E-state index contributed by atoms with van der Waals surface area (Å²) in [7, 11) is -3.60. The van der Waals surface area contributed by atoms with E-state index in [-0.39, 0.29) is 17.3 Å². The van der Waals surface area contributed by atoms with Gasteiger partial charge in [-0.05, 0) is 30.3 Å². The summed E-state index contributed by atoms with van der Waals surface area (Å²) in [6.07, 6.45) is -2.68. The Bertz CT molecular complexity index is 1560. The van der Waals surface area contributed by atoms with E-state index in [4.69, 9.17) is 20.8 Å². The maximum Gasteiger partial charge on any atom is 0.418 e. The number of halogens is 4. The van der Waals surface area contributed by atoms with Gasteiger partial charge in [0.15, 0.2) is 10.6 Å². The summed E-state index contributed by atoms with van der Waals surface area (Å²) in [5.74, 6) is -0.996. The Labute approximate surface area is 213 Å². The quantitative estimate of drug-likeness (QED) is 0.311. The predicted octanol–water partition coefficient (Wildman–Crippen LogP) is 5.47. The van der Waals surface area contributed by atoms with E-state index in [2.05, 4.69) is 15.3 Å². The minimum atomic E-state index is -4.89. The van der Waals surface area contributed by atoms with Gasteiger partial charge < -0.3 is 14.5 Å². The molecule has 0 aliphatic carbocycles. The Morgan fingerprint density at radius 1 is 1.11 bits per heavy atom. The summed E-state index contributed by atoms with van der Waals surface area (Å²) < 4.78 is 78.6. The Morgan fingerprint density at radius 2 is 1.84 bits per heavy atom. The number of pyridine rings is 1. The van der Waals surface area contributed by atoms with Crippen LogP contribution in [0.5, 0.6) is 5.88 Å². The number of benzene rings is 2. The number of hydrogen-bond acceptors (Lipinski definition) is 7. The van der Waals surface area contributed by atoms with Gasteiger partial charge in [-0.3, -0.25) is 9.52 Å². The minimum absolute atomic E-state index is 0.106. The molecule has 9 nitrogen and oxygen atoms in total. The van der Waals surface area contributed by atoms with Gasteiger partial charge in [0.25, 0.3) is 15.9 Å². The van der Waals surface area contributed by atoms with Crippen molar-refractivity contribution < 1.29 is 35.5 Å². The predicted molar refractivity (Wildman–Crippen MR) is 128 cm³/mol. The van der Waals surface area contributed by atoms with Crippen LogP contribution in [0.1, 0.15) is 16.1 Å². The number of methoxy groups -OCH3 is 1. The highest BCUT2D eigenvalue weighted by Gasteiger charge is 2.36. The summed E-state index contributed by atoms with van der Waals surface area (Å²) in [5.41, 5.74) is -1.75. The molecule has 2 aromatic carbocycles. The first-order valence-corrected chi connectivity index (χ1v) is 12.1. The zero-order valence-electron chi connectivity index (χ0n) is 18.7. The second-order valence-corrected chi connectivity index (χ2v) is 9.41. The fourth-order valence-corrected chi connectivity index (χ4v) is 4.71. The van der Waals surface area contributed by atoms with Gasteiger partial charge in [0.1, 0.15) is 6.26 Å². The van der Waals surface area contributed by atoms with Crippen LogP contribution < -0.4 is 14.8 Å². The Morgan fingerprint density at radius 3 is 2.51 bits per heavy atom. The minimum Gasteiger partial charge on any atom is -0.480 e. The van der Waals surface area contributed by atoms with Crippen molar-refractivity contribution in [2.24, 2.45) is 0 Å². The average Bonchev–Trinajstić information content (AvgIpc) is 3.36. The number of sulfonamides is 1. The molecule has 2 heterocycles. The van der Waals surface area contributed by atoms with Crippen LogP contribution in [-0.4, -0.2) is 31.4 Å². The van der Waals surface area contributed by atoms with E-state index in [1.54, 1.807) is 30.3 Å². The van der Waals surface area contributed by atoms with Crippen LogP contribution in [0, 0.1) is 0 Å². The lowest BCUT2D eigenvalue weighted by molar-refractivity contribution is -0.136. The second kappa shape index (κ2) is 10.1. The van der Waals surface area contributed by atoms with Gasteiger partial charge in [-0.15, -0.1) is 0 Å². The number of oxazole rings is 1. The molecule has 0 unspecified atom stereocenters. The van der Waals surface area contributed by atoms with Crippen LogP contribution in [0.3, 0.4) is 0 Å². The lowest BCUT2D eigenvalue weighted by Gasteiger charge is -2.17. The number of nitrogens with zero attached hydrogens (tertiary/aromatic N) is 2. The molecule has 0 spiro atoms. The molecular weight excluding hydrogens is 537 g/mol. The van der Waals surface area contributed by atoms with E-state index in [0.29, 0.717) is 11.6 Å². The Kier molecular flexibility index (Phi) is 7.09. The number of ether oxygens (including phenoxy) is 1. The molecule has 37 heavy (non-hydrogen) atoms. The number of hydrogen-bond donors (Lipinski definition) is 2. The lowest BCUT2D eigenvalue weighted by Crippen LogP contribution is -2.19. The van der Waals surface area contributed by atoms with E-state index in [9.17, 15) is 26.4 Å². The van der Waals surface area contributed by atoms with Crippen LogP contribution in [0.25, 0.3) is 11.5 Å². The van der Waals surface area contributed by atoms with Crippen molar-refractivity contribution in [1.29, 1.82) is 0 Å². The first-order valence-electron chi connectivity index (χ1n) is 10.2. The SMILES string of the molecule is COc1ncc(NC(=O)c2coc(-c3ccccc3)n2)cc1S(=O)(=O)Nc1c(Cl)cccc1C(F)(F)F. The van der Waals surface area contributed by atoms with E-state index in [1.165, 1.54) is 0 Å². The van der Waals surface area contributed by atoms with Gasteiger partial charge in [-0.1, -0.05) is 35.9 Å². The van der Waals surface area contributed by atoms with Crippen molar-refractivity contribution in [3.63, 3.8) is 0 Å². The molecule has 0 aliphatic heterocycles. The van der Waals surface area contributed by atoms with Crippen molar-refractivity contribution in [1.82, 2.24) is 9.97 Å². The number of carbonyl (C=O) groups is 1. The molecule has 0 radical (unpaired) electrons. The monoisotopic (exact) mass is 552 g/mol. The van der Waals surface area contributed by atoms with Crippen LogP contribution in [0.15, 0.2) is 76.4 Å². The molecule has 0 saturated heterocycles. The molecule has 14 heteroatoms. The number of amides is 1. The normalized spacial score (nSPS) is 11.7. The summed E-state index contributed by atoms with van der Waals surface area (Å²) in [6, 6.07) is 12.6. The summed E-state index contributed by atoms with van der Waals surface area (Å²) in [5, 5.41) is 1.94. The van der Waals surface area contributed by atoms with Crippen molar-refractivity contribution in [3.05, 3.63) is 83.3 Å². The van der Waals surface area contributed by atoms with Gasteiger partial charge in [-0.2, -0.15) is 13.2 Å². The molecule has 0 aliphatic rings. The molecule has 0 atom stereocenters. The fraction of sp³-hybridized carbons (Fsp3) is 0.0870. The second-order valence-electron chi connectivity index (χ2n) is 7.36. The first-order chi connectivity index (χ1) is 17.5. The lowest BCUT2D eigenvalue weighted by atomic mass is 10.2. The number of rotatable bonds is 7. The molecule has 2 N–H and O–H groups in total. The largest absolute Gasteiger partial charge is 0.480 e. The van der Waals surface area contributed by atoms with Gasteiger partial charge in [0.05, 0.1) is 35.3 Å². The van der Waals surface area contributed by atoms with Crippen LogP contribution in [0.2, 0.25) is 5.02 Å². The smallest absolute Gasteiger partial charge is 0.418 e. The molecular formula is C23H16ClF3N4O5S. The number of nitrogens with one attached hydrogen (secondary N) is 2. The first kappa shape index (κ1) is 26.0. The molecule has 1 amide bonds. The highest BCUT2D eigenvalue weighted by atomic mass is 35.5. The molecule has 4 rings (SSSR count). The van der Waals surface area contributed by atoms with Crippen LogP contribution >= 0.6 is 11.6 Å². The standard InChI is InChI=1S/C23H16ClF3N4O5S/c1-35-22-18(37(33,34)31-19-15(23(25,26)27)8-5-9-16(19)24)10-14(11-28-22)29-20(32)17-12-36-21(30-17)13-6-3-2-4-7-13/h2-12,31H,1H3,(H,29,32). The summed E-state index contributed by atoms with van der Waals surface area (Å²) >= 11 is 5.87. The van der Waals surface area contributed by atoms with Gasteiger partial charge >= 0.3 is 6.18 Å². The number of anilines is 2. The molecule has 0 bridgehead atoms. The highest BCUT2D eigenvalue weighted by molar-refractivity contribution is 7.92. The zero-order valence-corrected chi connectivity index (χ0v) is 20.3. The molecule has 0 saturated carbocycles. The van der Waals surface area contributed by atoms with E-state index in [1.807, 2.05) is 4.72 Å². The molecule has 2 aromatic heterocycles. The Balaban J connectivity index is 1.63. The van der Waals surface area contributed by atoms with Gasteiger partial charge in [-0.25, -0.2) is 18.4 Å². The third-order valence-corrected chi connectivity index (χ3v) is 6.53. The van der Waals surface area contributed by atoms with Gasteiger partial charge in [0.2, 0.25) is 11.8 Å². The van der Waals surface area contributed by atoms with E-state index >= 15 is 0 Å². The number of aromatic nitrogens is 2. The van der Waals surface area contributed by atoms with E-state index in [0.717, 1.165) is 37.8 Å². The Hall–Kier alpha value is -4.10. The van der Waals surface area contributed by atoms with Crippen molar-refractivity contribution >= 4 is 38.9 Å². The summed E-state index contributed by atoms with van der Waals surface area (Å²) in [6.45, 7) is 0. The highest BCUT2D eigenvalue weighted by Crippen LogP contribution is 2.40. The zero-order chi connectivity index (χ0) is 26.8.